The topological polar surface area (TPSA) is 64.4 Å². The zero-order valence-electron chi connectivity index (χ0n) is 11.7. The Morgan fingerprint density at radius 3 is 2.81 bits per heavy atom. The monoisotopic (exact) mass is 282 g/mol. The molecule has 0 aromatic heterocycles. The minimum atomic E-state index is -0.167. The number of anilines is 1. The molecule has 21 heavy (non-hydrogen) atoms. The zero-order chi connectivity index (χ0) is 14.7. The zero-order valence-corrected chi connectivity index (χ0v) is 11.7. The molecule has 0 bridgehead atoms. The molecule has 0 saturated heterocycles. The lowest BCUT2D eigenvalue weighted by atomic mass is 9.97. The Labute approximate surface area is 123 Å². The van der Waals surface area contributed by atoms with E-state index in [-0.39, 0.29) is 12.0 Å². The molecule has 0 spiro atoms. The van der Waals surface area contributed by atoms with Gasteiger partial charge >= 0.3 is 0 Å². The highest BCUT2D eigenvalue weighted by atomic mass is 16.5. The smallest absolute Gasteiger partial charge is 0.253 e. The van der Waals surface area contributed by atoms with Crippen molar-refractivity contribution >= 4 is 11.6 Å². The Morgan fingerprint density at radius 1 is 1.19 bits per heavy atom. The number of nitrogen functional groups attached to an aromatic ring is 1. The number of carbonyl (C=O) groups excluding carboxylic acids is 1. The van der Waals surface area contributed by atoms with Crippen LogP contribution >= 0.6 is 0 Å². The fraction of sp³-hybridized carbons (Fsp3) is 0.235. The molecule has 2 aromatic carbocycles. The first kappa shape index (κ1) is 13.6. The second-order valence-corrected chi connectivity index (χ2v) is 5.11. The van der Waals surface area contributed by atoms with Crippen LogP contribution in [0.3, 0.4) is 0 Å². The Balaban J connectivity index is 1.69. The van der Waals surface area contributed by atoms with Gasteiger partial charge in [0.2, 0.25) is 0 Å². The van der Waals surface area contributed by atoms with E-state index in [2.05, 4.69) is 17.4 Å². The first-order valence-electron chi connectivity index (χ1n) is 7.08. The number of amides is 1. The van der Waals surface area contributed by atoms with Gasteiger partial charge in [0, 0.05) is 12.2 Å². The van der Waals surface area contributed by atoms with Crippen molar-refractivity contribution in [1.82, 2.24) is 5.32 Å². The quantitative estimate of drug-likeness (QED) is 0.849. The van der Waals surface area contributed by atoms with Gasteiger partial charge in [0.1, 0.15) is 6.10 Å². The predicted molar refractivity (Wildman–Crippen MR) is 82.0 cm³/mol. The lowest BCUT2D eigenvalue weighted by Crippen LogP contribution is -2.32. The number of hydrogen-bond donors (Lipinski definition) is 2. The van der Waals surface area contributed by atoms with Gasteiger partial charge in [-0.3, -0.25) is 4.79 Å². The largest absolute Gasteiger partial charge is 0.398 e. The molecule has 4 heteroatoms. The van der Waals surface area contributed by atoms with Crippen molar-refractivity contribution in [1.29, 1.82) is 0 Å². The predicted octanol–water partition coefficient (Wildman–Crippen LogP) is 2.31. The fourth-order valence-corrected chi connectivity index (χ4v) is 2.63. The van der Waals surface area contributed by atoms with Gasteiger partial charge in [-0.15, -0.1) is 0 Å². The summed E-state index contributed by atoms with van der Waals surface area (Å²) in [6.45, 7) is 1.13. The van der Waals surface area contributed by atoms with E-state index in [0.29, 0.717) is 24.4 Å². The summed E-state index contributed by atoms with van der Waals surface area (Å²) in [7, 11) is 0. The number of hydrogen-bond acceptors (Lipinski definition) is 3. The van der Waals surface area contributed by atoms with E-state index in [1.165, 1.54) is 5.56 Å². The van der Waals surface area contributed by atoms with Crippen LogP contribution in [0, 0.1) is 0 Å². The van der Waals surface area contributed by atoms with Crippen molar-refractivity contribution < 1.29 is 9.53 Å². The molecule has 1 heterocycles. The molecule has 1 aliphatic heterocycles. The molecule has 0 radical (unpaired) electrons. The van der Waals surface area contributed by atoms with Crippen LogP contribution in [0.5, 0.6) is 0 Å². The number of ether oxygens (including phenoxy) is 1. The molecule has 108 valence electrons. The number of nitrogens with one attached hydrogen (secondary N) is 1. The van der Waals surface area contributed by atoms with Gasteiger partial charge in [0.15, 0.2) is 0 Å². The maximum absolute atomic E-state index is 12.2. The first-order valence-corrected chi connectivity index (χ1v) is 7.08. The lowest BCUT2D eigenvalue weighted by molar-refractivity contribution is 0.0411. The van der Waals surface area contributed by atoms with Gasteiger partial charge in [0.05, 0.1) is 12.2 Å². The number of fused-ring (bicyclic) bond motifs is 1. The van der Waals surface area contributed by atoms with E-state index in [1.54, 1.807) is 18.2 Å². The molecular weight excluding hydrogens is 264 g/mol. The van der Waals surface area contributed by atoms with Crippen molar-refractivity contribution in [3.63, 3.8) is 0 Å². The van der Waals surface area contributed by atoms with E-state index in [4.69, 9.17) is 10.5 Å². The molecule has 2 aromatic rings. The van der Waals surface area contributed by atoms with Crippen LogP contribution in [0.2, 0.25) is 0 Å². The number of para-hydroxylation sites is 1. The van der Waals surface area contributed by atoms with E-state index >= 15 is 0 Å². The molecule has 0 fully saturated rings. The second-order valence-electron chi connectivity index (χ2n) is 5.11. The van der Waals surface area contributed by atoms with Crippen LogP contribution in [-0.2, 0) is 11.2 Å². The van der Waals surface area contributed by atoms with E-state index in [0.717, 1.165) is 12.0 Å². The van der Waals surface area contributed by atoms with E-state index < -0.39 is 0 Å². The number of carbonyl (C=O) groups is 1. The van der Waals surface area contributed by atoms with Crippen molar-refractivity contribution in [3.05, 3.63) is 65.2 Å². The van der Waals surface area contributed by atoms with Crippen LogP contribution in [0.15, 0.2) is 48.5 Å². The van der Waals surface area contributed by atoms with Crippen LogP contribution in [0.25, 0.3) is 0 Å². The number of nitrogens with two attached hydrogens (primary N) is 1. The summed E-state index contributed by atoms with van der Waals surface area (Å²) in [5, 5.41) is 2.91. The molecule has 0 unspecified atom stereocenters. The Morgan fingerprint density at radius 2 is 1.95 bits per heavy atom. The average Bonchev–Trinajstić information content (AvgIpc) is 2.53. The van der Waals surface area contributed by atoms with Crippen molar-refractivity contribution in [3.8, 4) is 0 Å². The van der Waals surface area contributed by atoms with Crippen molar-refractivity contribution in [2.45, 2.75) is 12.5 Å². The summed E-state index contributed by atoms with van der Waals surface area (Å²) in [4.78, 5) is 12.2. The maximum atomic E-state index is 12.2. The van der Waals surface area contributed by atoms with Crippen molar-refractivity contribution in [2.75, 3.05) is 18.9 Å². The minimum absolute atomic E-state index is 0.0937. The molecule has 0 aliphatic carbocycles. The van der Waals surface area contributed by atoms with E-state index in [9.17, 15) is 4.79 Å². The molecule has 1 amide bonds. The Hall–Kier alpha value is -2.33. The summed E-state index contributed by atoms with van der Waals surface area (Å²) in [6, 6.07) is 15.3. The summed E-state index contributed by atoms with van der Waals surface area (Å²) in [5.41, 5.74) is 9.25. The van der Waals surface area contributed by atoms with Gasteiger partial charge in [-0.25, -0.2) is 0 Å². The highest BCUT2D eigenvalue weighted by molar-refractivity contribution is 5.99. The molecule has 3 N–H and O–H groups in total. The SMILES string of the molecule is Nc1ccccc1C(=O)NC[C@H]1OCCc2ccccc21. The number of rotatable bonds is 3. The second kappa shape index (κ2) is 5.97. The number of benzene rings is 2. The molecule has 0 saturated carbocycles. The van der Waals surface area contributed by atoms with Gasteiger partial charge in [-0.2, -0.15) is 0 Å². The highest BCUT2D eigenvalue weighted by Crippen LogP contribution is 2.26. The summed E-state index contributed by atoms with van der Waals surface area (Å²) >= 11 is 0. The lowest BCUT2D eigenvalue weighted by Gasteiger charge is -2.26. The fourth-order valence-electron chi connectivity index (χ4n) is 2.63. The summed E-state index contributed by atoms with van der Waals surface area (Å²) in [6.07, 6.45) is 0.829. The van der Waals surface area contributed by atoms with Gasteiger partial charge in [-0.1, -0.05) is 36.4 Å². The molecule has 1 aliphatic rings. The third-order valence-electron chi connectivity index (χ3n) is 3.75. The standard InChI is InChI=1S/C17H18N2O2/c18-15-8-4-3-7-14(15)17(20)19-11-16-13-6-2-1-5-12(13)9-10-21-16/h1-8,16H,9-11,18H2,(H,19,20)/t16-/m1/s1. The first-order chi connectivity index (χ1) is 10.3. The van der Waals surface area contributed by atoms with Gasteiger partial charge < -0.3 is 15.8 Å². The van der Waals surface area contributed by atoms with Crippen LogP contribution in [0.1, 0.15) is 27.6 Å². The Bertz CT molecular complexity index is 655. The summed E-state index contributed by atoms with van der Waals surface area (Å²) < 4.78 is 5.77. The Kier molecular flexibility index (Phi) is 3.88. The van der Waals surface area contributed by atoms with E-state index in [1.807, 2.05) is 18.2 Å². The third-order valence-corrected chi connectivity index (χ3v) is 3.75. The maximum Gasteiger partial charge on any atom is 0.253 e. The summed E-state index contributed by atoms with van der Waals surface area (Å²) in [5.74, 6) is -0.167. The van der Waals surface area contributed by atoms with Crippen LogP contribution in [0.4, 0.5) is 5.69 Å². The third kappa shape index (κ3) is 2.90. The average molecular weight is 282 g/mol. The van der Waals surface area contributed by atoms with Crippen LogP contribution in [-0.4, -0.2) is 19.1 Å². The highest BCUT2D eigenvalue weighted by Gasteiger charge is 2.21. The normalized spacial score (nSPS) is 17.0. The van der Waals surface area contributed by atoms with Crippen LogP contribution < -0.4 is 11.1 Å². The molecule has 4 nitrogen and oxygen atoms in total. The molecule has 1 atom stereocenters. The minimum Gasteiger partial charge on any atom is -0.398 e. The molecule has 3 rings (SSSR count). The molecular formula is C17H18N2O2. The van der Waals surface area contributed by atoms with Gasteiger partial charge in [0.25, 0.3) is 5.91 Å². The van der Waals surface area contributed by atoms with Crippen molar-refractivity contribution in [2.24, 2.45) is 0 Å². The van der Waals surface area contributed by atoms with Gasteiger partial charge in [-0.05, 0) is 29.7 Å².